The Bertz CT molecular complexity index is 1150. The molecule has 2 fully saturated rings. The smallest absolute Gasteiger partial charge is 0.313 e. The number of nitrogens with one attached hydrogen (secondary N) is 2. The van der Waals surface area contributed by atoms with Gasteiger partial charge in [-0.05, 0) is 55.3 Å². The Morgan fingerprint density at radius 3 is 2.24 bits per heavy atom. The predicted octanol–water partition coefficient (Wildman–Crippen LogP) is 2.27. The van der Waals surface area contributed by atoms with Gasteiger partial charge in [-0.2, -0.15) is 0 Å². The molecule has 1 atom stereocenters. The second-order valence-corrected chi connectivity index (χ2v) is 8.77. The summed E-state index contributed by atoms with van der Waals surface area (Å²) < 4.78 is 0.886. The van der Waals surface area contributed by atoms with Crippen molar-refractivity contribution in [3.8, 4) is 0 Å². The lowest BCUT2D eigenvalue weighted by molar-refractivity contribution is -0.137. The van der Waals surface area contributed by atoms with Gasteiger partial charge in [-0.3, -0.25) is 28.9 Å². The molecule has 2 heterocycles. The summed E-state index contributed by atoms with van der Waals surface area (Å²) in [6.07, 6.45) is 0.661. The Morgan fingerprint density at radius 2 is 1.58 bits per heavy atom. The summed E-state index contributed by atoms with van der Waals surface area (Å²) in [4.78, 5) is 64.3. The molecule has 10 heteroatoms. The second kappa shape index (κ2) is 9.14. The van der Waals surface area contributed by atoms with Crippen molar-refractivity contribution in [1.82, 2.24) is 5.32 Å². The minimum atomic E-state index is -0.941. The lowest BCUT2D eigenvalue weighted by Gasteiger charge is -2.18. The average molecular weight is 513 g/mol. The van der Waals surface area contributed by atoms with E-state index >= 15 is 0 Å². The Morgan fingerprint density at radius 1 is 0.939 bits per heavy atom. The molecule has 0 aliphatic carbocycles. The number of halogens is 1. The van der Waals surface area contributed by atoms with Gasteiger partial charge in [0, 0.05) is 35.2 Å². The van der Waals surface area contributed by atoms with Gasteiger partial charge in [0.05, 0.1) is 5.69 Å². The second-order valence-electron chi connectivity index (χ2n) is 7.86. The first-order chi connectivity index (χ1) is 15.7. The lowest BCUT2D eigenvalue weighted by atomic mass is 10.1. The van der Waals surface area contributed by atoms with E-state index in [-0.39, 0.29) is 30.6 Å². The Labute approximate surface area is 198 Å². The van der Waals surface area contributed by atoms with Gasteiger partial charge in [-0.25, -0.2) is 0 Å². The summed E-state index contributed by atoms with van der Waals surface area (Å²) in [6, 6.07) is 11.2. The molecule has 2 saturated heterocycles. The quantitative estimate of drug-likeness (QED) is 0.481. The van der Waals surface area contributed by atoms with Crippen molar-refractivity contribution in [3.63, 3.8) is 0 Å². The number of hydrogen-bond acceptors (Lipinski definition) is 5. The van der Waals surface area contributed by atoms with Crippen molar-refractivity contribution in [2.24, 2.45) is 0 Å². The number of imide groups is 1. The largest absolute Gasteiger partial charge is 0.336 e. The van der Waals surface area contributed by atoms with Crippen molar-refractivity contribution in [2.45, 2.75) is 32.2 Å². The van der Waals surface area contributed by atoms with Gasteiger partial charge in [0.15, 0.2) is 0 Å². The third-order valence-electron chi connectivity index (χ3n) is 5.63. The number of carbonyl (C=O) groups is 5. The molecule has 0 radical (unpaired) electrons. The Kier molecular flexibility index (Phi) is 6.28. The number of carbonyl (C=O) groups excluding carboxylic acids is 5. The van der Waals surface area contributed by atoms with Crippen molar-refractivity contribution in [2.75, 3.05) is 21.7 Å². The maximum Gasteiger partial charge on any atom is 0.313 e. The van der Waals surface area contributed by atoms with Crippen LogP contribution in [0.1, 0.15) is 24.8 Å². The van der Waals surface area contributed by atoms with Crippen molar-refractivity contribution in [1.29, 1.82) is 0 Å². The van der Waals surface area contributed by atoms with Gasteiger partial charge in [-0.1, -0.05) is 22.0 Å². The molecule has 1 unspecified atom stereocenters. The molecule has 4 rings (SSSR count). The van der Waals surface area contributed by atoms with E-state index in [2.05, 4.69) is 26.6 Å². The van der Waals surface area contributed by atoms with Crippen LogP contribution in [0.15, 0.2) is 46.9 Å². The molecule has 5 amide bonds. The molecule has 2 aliphatic heterocycles. The zero-order valence-electron chi connectivity index (χ0n) is 17.8. The number of amides is 5. The summed E-state index contributed by atoms with van der Waals surface area (Å²) in [5, 5.41) is 5.00. The van der Waals surface area contributed by atoms with Crippen LogP contribution in [0.4, 0.5) is 17.1 Å². The predicted molar refractivity (Wildman–Crippen MR) is 125 cm³/mol. The standard InChI is InChI=1S/C23H21BrN4O5/c1-13-2-5-16(28-19(29)8-9-20(28)30)12-18(13)26-22(32)21(31)25-17-10-11-27(23(17)33)15-6-3-14(24)4-7-15/h2-7,12,17H,8-11H2,1H3,(H,25,31)(H,26,32). The van der Waals surface area contributed by atoms with Crippen LogP contribution in [0.5, 0.6) is 0 Å². The highest BCUT2D eigenvalue weighted by Crippen LogP contribution is 2.28. The molecule has 0 aromatic heterocycles. The molecule has 2 aromatic rings. The summed E-state index contributed by atoms with van der Waals surface area (Å²) in [5.74, 6) is -2.79. The number of nitrogens with zero attached hydrogens (tertiary/aromatic N) is 2. The zero-order valence-corrected chi connectivity index (χ0v) is 19.3. The van der Waals surface area contributed by atoms with Crippen LogP contribution in [-0.4, -0.2) is 42.1 Å². The third kappa shape index (κ3) is 4.65. The van der Waals surface area contributed by atoms with Gasteiger partial charge in [0.2, 0.25) is 17.7 Å². The first-order valence-electron chi connectivity index (χ1n) is 10.4. The average Bonchev–Trinajstić information content (AvgIpc) is 3.32. The van der Waals surface area contributed by atoms with Crippen LogP contribution < -0.4 is 20.4 Å². The first-order valence-corrected chi connectivity index (χ1v) is 11.2. The summed E-state index contributed by atoms with van der Waals surface area (Å²) in [6.45, 7) is 2.15. The van der Waals surface area contributed by atoms with Gasteiger partial charge in [-0.15, -0.1) is 0 Å². The highest BCUT2D eigenvalue weighted by molar-refractivity contribution is 9.10. The maximum absolute atomic E-state index is 12.7. The molecule has 2 N–H and O–H groups in total. The van der Waals surface area contributed by atoms with Crippen LogP contribution in [0, 0.1) is 6.92 Å². The minimum Gasteiger partial charge on any atom is -0.336 e. The van der Waals surface area contributed by atoms with Gasteiger partial charge >= 0.3 is 11.8 Å². The van der Waals surface area contributed by atoms with E-state index in [4.69, 9.17) is 0 Å². The van der Waals surface area contributed by atoms with Gasteiger partial charge < -0.3 is 15.5 Å². The fourth-order valence-electron chi connectivity index (χ4n) is 3.84. The highest BCUT2D eigenvalue weighted by atomic mass is 79.9. The fourth-order valence-corrected chi connectivity index (χ4v) is 4.11. The fraction of sp³-hybridized carbons (Fsp3) is 0.261. The van der Waals surface area contributed by atoms with E-state index in [9.17, 15) is 24.0 Å². The minimum absolute atomic E-state index is 0.142. The molecule has 2 aliphatic rings. The number of aryl methyl sites for hydroxylation is 1. The number of benzene rings is 2. The zero-order chi connectivity index (χ0) is 23.7. The van der Waals surface area contributed by atoms with E-state index in [1.165, 1.54) is 6.07 Å². The molecule has 0 saturated carbocycles. The number of hydrogen-bond donors (Lipinski definition) is 2. The molecule has 170 valence electrons. The third-order valence-corrected chi connectivity index (χ3v) is 6.16. The van der Waals surface area contributed by atoms with E-state index in [1.54, 1.807) is 36.1 Å². The monoisotopic (exact) mass is 512 g/mol. The van der Waals surface area contributed by atoms with Crippen molar-refractivity contribution in [3.05, 3.63) is 52.5 Å². The van der Waals surface area contributed by atoms with E-state index < -0.39 is 17.9 Å². The topological polar surface area (TPSA) is 116 Å². The molecule has 0 bridgehead atoms. The number of rotatable bonds is 4. The van der Waals surface area contributed by atoms with Crippen LogP contribution in [0.2, 0.25) is 0 Å². The SMILES string of the molecule is Cc1ccc(N2C(=O)CCC2=O)cc1NC(=O)C(=O)NC1CCN(c2ccc(Br)cc2)C1=O. The van der Waals surface area contributed by atoms with E-state index in [0.717, 1.165) is 9.37 Å². The summed E-state index contributed by atoms with van der Waals surface area (Å²) in [5.41, 5.74) is 1.99. The van der Waals surface area contributed by atoms with Crippen LogP contribution in [-0.2, 0) is 24.0 Å². The molecule has 2 aromatic carbocycles. The van der Waals surface area contributed by atoms with Crippen LogP contribution in [0.3, 0.4) is 0 Å². The van der Waals surface area contributed by atoms with Crippen LogP contribution in [0.25, 0.3) is 0 Å². The maximum atomic E-state index is 12.7. The Hall–Kier alpha value is -3.53. The van der Waals surface area contributed by atoms with E-state index in [0.29, 0.717) is 35.6 Å². The number of anilines is 3. The molecular weight excluding hydrogens is 492 g/mol. The molecular formula is C23H21BrN4O5. The lowest BCUT2D eigenvalue weighted by Crippen LogP contribution is -2.46. The first kappa shape index (κ1) is 22.7. The molecule has 33 heavy (non-hydrogen) atoms. The van der Waals surface area contributed by atoms with Crippen molar-refractivity contribution < 1.29 is 24.0 Å². The molecule has 0 spiro atoms. The van der Waals surface area contributed by atoms with E-state index in [1.807, 2.05) is 12.1 Å². The van der Waals surface area contributed by atoms with Crippen LogP contribution >= 0.6 is 15.9 Å². The normalized spacial score (nSPS) is 18.1. The van der Waals surface area contributed by atoms with Gasteiger partial charge in [0.1, 0.15) is 6.04 Å². The highest BCUT2D eigenvalue weighted by Gasteiger charge is 2.35. The summed E-state index contributed by atoms with van der Waals surface area (Å²) in [7, 11) is 0. The summed E-state index contributed by atoms with van der Waals surface area (Å²) >= 11 is 3.35. The Balaban J connectivity index is 1.41. The molecule has 9 nitrogen and oxygen atoms in total. The van der Waals surface area contributed by atoms with Crippen molar-refractivity contribution >= 4 is 62.5 Å². The van der Waals surface area contributed by atoms with Gasteiger partial charge in [0.25, 0.3) is 0 Å².